The maximum absolute atomic E-state index is 13.3. The molecule has 1 N–H and O–H groups in total. The van der Waals surface area contributed by atoms with Crippen molar-refractivity contribution in [3.8, 4) is 0 Å². The molecule has 136 valence electrons. The average Bonchev–Trinajstić information content (AvgIpc) is 3.23. The molecule has 2 aliphatic heterocycles. The van der Waals surface area contributed by atoms with Crippen LogP contribution in [0.1, 0.15) is 24.5 Å². The van der Waals surface area contributed by atoms with Crippen LogP contribution in [-0.2, 0) is 16.1 Å². The van der Waals surface area contributed by atoms with Crippen LogP contribution in [0, 0.1) is 29.6 Å². The van der Waals surface area contributed by atoms with Crippen LogP contribution in [0.25, 0.3) is 0 Å². The van der Waals surface area contributed by atoms with E-state index in [2.05, 4.69) is 0 Å². The van der Waals surface area contributed by atoms with E-state index in [0.717, 1.165) is 18.5 Å². The molecule has 4 bridgehead atoms. The van der Waals surface area contributed by atoms with Gasteiger partial charge in [0.05, 0.1) is 11.8 Å². The Kier molecular flexibility index (Phi) is 3.39. The molecular formula is C20H22N2O4. The highest BCUT2D eigenvalue weighted by Gasteiger charge is 2.53. The summed E-state index contributed by atoms with van der Waals surface area (Å²) in [5.74, 6) is -1.39. The molecule has 6 nitrogen and oxygen atoms in total. The zero-order valence-corrected chi connectivity index (χ0v) is 14.5. The van der Waals surface area contributed by atoms with Gasteiger partial charge in [-0.3, -0.25) is 14.4 Å². The zero-order chi connectivity index (χ0) is 18.0. The highest BCUT2D eigenvalue weighted by molar-refractivity contribution is 5.87. The number of aromatic nitrogens is 1. The van der Waals surface area contributed by atoms with E-state index >= 15 is 0 Å². The van der Waals surface area contributed by atoms with Crippen molar-refractivity contribution >= 4 is 11.9 Å². The van der Waals surface area contributed by atoms with E-state index in [-0.39, 0.29) is 35.1 Å². The Hall–Kier alpha value is -2.37. The number of likely N-dealkylation sites (tertiary alicyclic amines) is 1. The van der Waals surface area contributed by atoms with Crippen LogP contribution in [0.15, 0.2) is 35.1 Å². The average molecular weight is 354 g/mol. The van der Waals surface area contributed by atoms with Gasteiger partial charge in [0.15, 0.2) is 0 Å². The second-order valence-corrected chi connectivity index (χ2v) is 8.28. The number of amides is 1. The van der Waals surface area contributed by atoms with Crippen molar-refractivity contribution in [2.75, 3.05) is 13.1 Å². The lowest BCUT2D eigenvalue weighted by Crippen LogP contribution is -2.52. The molecule has 6 heteroatoms. The smallest absolute Gasteiger partial charge is 0.307 e. The molecule has 2 fully saturated rings. The summed E-state index contributed by atoms with van der Waals surface area (Å²) < 4.78 is 1.85. The minimum Gasteiger partial charge on any atom is -0.481 e. The predicted octanol–water partition coefficient (Wildman–Crippen LogP) is 1.32. The molecule has 1 aromatic rings. The van der Waals surface area contributed by atoms with Gasteiger partial charge >= 0.3 is 5.97 Å². The van der Waals surface area contributed by atoms with Gasteiger partial charge in [-0.05, 0) is 36.7 Å². The number of pyridine rings is 1. The summed E-state index contributed by atoms with van der Waals surface area (Å²) in [5, 5.41) is 9.63. The Morgan fingerprint density at radius 3 is 2.54 bits per heavy atom. The number of fused-ring (bicyclic) bond motifs is 6. The Morgan fingerprint density at radius 1 is 1.00 bits per heavy atom. The fraction of sp³-hybridized carbons (Fsp3) is 0.550. The monoisotopic (exact) mass is 354 g/mol. The minimum absolute atomic E-state index is 0.00400. The fourth-order valence-corrected chi connectivity index (χ4v) is 5.78. The largest absolute Gasteiger partial charge is 0.481 e. The van der Waals surface area contributed by atoms with Crippen LogP contribution in [0.4, 0.5) is 0 Å². The summed E-state index contributed by atoms with van der Waals surface area (Å²) in [5.41, 5.74) is 1.04. The number of allylic oxidation sites excluding steroid dienone is 2. The third kappa shape index (κ3) is 2.20. The highest BCUT2D eigenvalue weighted by Crippen LogP contribution is 2.49. The summed E-state index contributed by atoms with van der Waals surface area (Å²) in [6.45, 7) is 1.86. The Bertz CT molecular complexity index is 873. The highest BCUT2D eigenvalue weighted by atomic mass is 16.4. The van der Waals surface area contributed by atoms with Crippen LogP contribution >= 0.6 is 0 Å². The Labute approximate surface area is 151 Å². The zero-order valence-electron chi connectivity index (χ0n) is 14.5. The van der Waals surface area contributed by atoms with Crippen molar-refractivity contribution in [3.63, 3.8) is 0 Å². The second kappa shape index (κ2) is 5.56. The molecular weight excluding hydrogens is 332 g/mol. The third-order valence-corrected chi connectivity index (χ3v) is 6.82. The van der Waals surface area contributed by atoms with Gasteiger partial charge in [-0.1, -0.05) is 18.2 Å². The molecule has 0 unspecified atom stereocenters. The molecule has 26 heavy (non-hydrogen) atoms. The van der Waals surface area contributed by atoms with E-state index in [1.807, 2.05) is 27.7 Å². The molecule has 0 radical (unpaired) electrons. The number of nitrogens with zero attached hydrogens (tertiary/aromatic N) is 2. The summed E-state index contributed by atoms with van der Waals surface area (Å²) in [4.78, 5) is 39.0. The van der Waals surface area contributed by atoms with Gasteiger partial charge in [0.25, 0.3) is 5.56 Å². The third-order valence-electron chi connectivity index (χ3n) is 6.82. The number of rotatable bonds is 2. The molecule has 0 spiro atoms. The van der Waals surface area contributed by atoms with E-state index in [1.165, 1.54) is 0 Å². The molecule has 3 heterocycles. The summed E-state index contributed by atoms with van der Waals surface area (Å²) in [7, 11) is 0. The molecule has 5 rings (SSSR count). The number of carboxylic acid groups (broad SMARTS) is 1. The van der Waals surface area contributed by atoms with Crippen LogP contribution in [0.3, 0.4) is 0 Å². The molecule has 2 aliphatic carbocycles. The van der Waals surface area contributed by atoms with Gasteiger partial charge in [-0.25, -0.2) is 0 Å². The van der Waals surface area contributed by atoms with E-state index in [1.54, 1.807) is 12.1 Å². The number of hydrogen-bond acceptors (Lipinski definition) is 3. The second-order valence-electron chi connectivity index (χ2n) is 8.28. The van der Waals surface area contributed by atoms with Gasteiger partial charge in [0.1, 0.15) is 0 Å². The molecule has 1 amide bonds. The predicted molar refractivity (Wildman–Crippen MR) is 93.5 cm³/mol. The molecule has 0 aromatic carbocycles. The standard InChI is InChI=1S/C20H22N2O4/c23-16-3-1-2-15-14-6-11(9-22(15)16)8-21(10-14)19(24)17-12-4-5-13(7-12)18(17)20(25)26/h1-5,11-14,17-18H,6-10H2,(H,25,26)/t11-,12-,13-,14-,17-,18+/m0/s1. The number of carbonyl (C=O) groups is 2. The van der Waals surface area contributed by atoms with Crippen molar-refractivity contribution in [1.82, 2.24) is 9.47 Å². The lowest BCUT2D eigenvalue weighted by molar-refractivity contribution is -0.152. The van der Waals surface area contributed by atoms with Gasteiger partial charge in [0, 0.05) is 37.3 Å². The molecule has 6 atom stereocenters. The SMILES string of the molecule is O=C(O)[C@H]1[C@@H](C(=O)N2C[C@@H]3C[C@@H](C2)c2cccc(=O)n2C3)[C@H]2C=C[C@H]1C2. The van der Waals surface area contributed by atoms with Crippen molar-refractivity contribution in [2.24, 2.45) is 29.6 Å². The summed E-state index contributed by atoms with van der Waals surface area (Å²) in [6, 6.07) is 5.36. The van der Waals surface area contributed by atoms with Crippen LogP contribution in [0.2, 0.25) is 0 Å². The van der Waals surface area contributed by atoms with Crippen molar-refractivity contribution in [2.45, 2.75) is 25.3 Å². The first kappa shape index (κ1) is 15.9. The summed E-state index contributed by atoms with van der Waals surface area (Å²) >= 11 is 0. The Morgan fingerprint density at radius 2 is 1.77 bits per heavy atom. The number of hydrogen-bond donors (Lipinski definition) is 1. The normalized spacial score (nSPS) is 36.8. The quantitative estimate of drug-likeness (QED) is 0.813. The summed E-state index contributed by atoms with van der Waals surface area (Å²) in [6.07, 6.45) is 5.78. The first-order valence-corrected chi connectivity index (χ1v) is 9.42. The fourth-order valence-electron chi connectivity index (χ4n) is 5.78. The van der Waals surface area contributed by atoms with E-state index in [0.29, 0.717) is 19.6 Å². The van der Waals surface area contributed by atoms with Crippen LogP contribution in [0.5, 0.6) is 0 Å². The first-order chi connectivity index (χ1) is 12.5. The van der Waals surface area contributed by atoms with E-state index in [9.17, 15) is 19.5 Å². The molecule has 4 aliphatic rings. The number of carbonyl (C=O) groups excluding carboxylic acids is 1. The number of piperidine rings is 1. The Balaban J connectivity index is 1.42. The van der Waals surface area contributed by atoms with E-state index in [4.69, 9.17) is 0 Å². The molecule has 1 saturated carbocycles. The lowest BCUT2D eigenvalue weighted by Gasteiger charge is -2.44. The van der Waals surface area contributed by atoms with Crippen molar-refractivity contribution < 1.29 is 14.7 Å². The van der Waals surface area contributed by atoms with Crippen LogP contribution < -0.4 is 5.56 Å². The van der Waals surface area contributed by atoms with E-state index < -0.39 is 17.8 Å². The van der Waals surface area contributed by atoms with Gasteiger partial charge in [-0.2, -0.15) is 0 Å². The maximum Gasteiger partial charge on any atom is 0.307 e. The topological polar surface area (TPSA) is 79.6 Å². The van der Waals surface area contributed by atoms with Gasteiger partial charge in [0.2, 0.25) is 5.91 Å². The number of aliphatic carboxylic acids is 1. The van der Waals surface area contributed by atoms with Crippen molar-refractivity contribution in [1.29, 1.82) is 0 Å². The lowest BCUT2D eigenvalue weighted by atomic mass is 9.79. The number of carboxylic acids is 1. The molecule has 1 aromatic heterocycles. The molecule has 1 saturated heterocycles. The van der Waals surface area contributed by atoms with Crippen molar-refractivity contribution in [3.05, 3.63) is 46.4 Å². The maximum atomic E-state index is 13.3. The van der Waals surface area contributed by atoms with Gasteiger partial charge in [-0.15, -0.1) is 0 Å². The minimum atomic E-state index is -0.852. The van der Waals surface area contributed by atoms with Crippen LogP contribution in [-0.4, -0.2) is 39.5 Å². The first-order valence-electron chi connectivity index (χ1n) is 9.42. The van der Waals surface area contributed by atoms with Gasteiger partial charge < -0.3 is 14.6 Å².